The number of nitrogens with zero attached hydrogens (tertiary/aromatic N) is 3. The molecular formula is C24H32ClN5O4S. The van der Waals surface area contributed by atoms with Gasteiger partial charge in [0.15, 0.2) is 5.03 Å². The van der Waals surface area contributed by atoms with Crippen LogP contribution in [0.4, 0.5) is 10.5 Å². The summed E-state index contributed by atoms with van der Waals surface area (Å²) < 4.78 is 29.6. The molecule has 2 amide bonds. The first-order valence-corrected chi connectivity index (χ1v) is 14.0. The van der Waals surface area contributed by atoms with Gasteiger partial charge in [-0.25, -0.2) is 9.52 Å². The lowest BCUT2D eigenvalue weighted by atomic mass is 9.80. The van der Waals surface area contributed by atoms with E-state index in [0.29, 0.717) is 18.8 Å². The SMILES string of the molecule is CN(Cc1cc(S(=O)(=O)NC(=O)Nc2c3c(c(Cl)c4c2CCC4)CCC3)nn1C)CC1(O)CCC1. The zero-order valence-corrected chi connectivity index (χ0v) is 21.7. The average Bonchev–Trinajstić information content (AvgIpc) is 3.50. The molecule has 1 fully saturated rings. The number of aryl methyl sites for hydroxylation is 1. The minimum Gasteiger partial charge on any atom is -0.389 e. The van der Waals surface area contributed by atoms with Gasteiger partial charge in [0.05, 0.1) is 11.3 Å². The Morgan fingerprint density at radius 2 is 1.74 bits per heavy atom. The Bertz CT molecular complexity index is 1250. The molecule has 9 nitrogen and oxygen atoms in total. The quantitative estimate of drug-likeness (QED) is 0.516. The van der Waals surface area contributed by atoms with Gasteiger partial charge in [-0.05, 0) is 87.1 Å². The van der Waals surface area contributed by atoms with E-state index in [2.05, 4.69) is 15.1 Å². The molecule has 3 aliphatic carbocycles. The summed E-state index contributed by atoms with van der Waals surface area (Å²) in [4.78, 5) is 14.8. The fourth-order valence-corrected chi connectivity index (χ4v) is 7.02. The van der Waals surface area contributed by atoms with Crippen LogP contribution in [0.25, 0.3) is 0 Å². The predicted octanol–water partition coefficient (Wildman–Crippen LogP) is 2.91. The van der Waals surface area contributed by atoms with Crippen molar-refractivity contribution in [2.24, 2.45) is 7.05 Å². The second-order valence-electron chi connectivity index (χ2n) is 10.2. The van der Waals surface area contributed by atoms with Crippen LogP contribution in [0.5, 0.6) is 0 Å². The smallest absolute Gasteiger partial charge is 0.333 e. The molecule has 1 saturated carbocycles. The molecule has 11 heteroatoms. The molecule has 2 aromatic rings. The fraction of sp³-hybridized carbons (Fsp3) is 0.583. The summed E-state index contributed by atoms with van der Waals surface area (Å²) in [7, 11) is -0.622. The monoisotopic (exact) mass is 521 g/mol. The molecule has 1 aromatic carbocycles. The molecule has 0 aliphatic heterocycles. The van der Waals surface area contributed by atoms with Crippen LogP contribution in [0.15, 0.2) is 11.1 Å². The molecule has 1 aromatic heterocycles. The number of likely N-dealkylation sites (N-methyl/N-ethyl adjacent to an activating group) is 1. The average molecular weight is 522 g/mol. The molecule has 0 radical (unpaired) electrons. The summed E-state index contributed by atoms with van der Waals surface area (Å²) in [6, 6.07) is 0.668. The molecule has 3 N–H and O–H groups in total. The van der Waals surface area contributed by atoms with Crippen LogP contribution in [0.2, 0.25) is 5.02 Å². The van der Waals surface area contributed by atoms with Crippen molar-refractivity contribution in [1.29, 1.82) is 0 Å². The number of amides is 2. The van der Waals surface area contributed by atoms with E-state index in [1.807, 2.05) is 11.9 Å². The van der Waals surface area contributed by atoms with Crippen molar-refractivity contribution in [1.82, 2.24) is 19.4 Å². The Labute approximate surface area is 210 Å². The van der Waals surface area contributed by atoms with Crippen molar-refractivity contribution < 1.29 is 18.3 Å². The highest BCUT2D eigenvalue weighted by atomic mass is 35.5. The zero-order valence-electron chi connectivity index (χ0n) is 20.2. The van der Waals surface area contributed by atoms with Gasteiger partial charge >= 0.3 is 6.03 Å². The number of carbonyl (C=O) groups is 1. The highest BCUT2D eigenvalue weighted by Crippen LogP contribution is 2.44. The van der Waals surface area contributed by atoms with Gasteiger partial charge in [0.25, 0.3) is 10.0 Å². The number of rotatable bonds is 7. The van der Waals surface area contributed by atoms with Gasteiger partial charge in [-0.15, -0.1) is 0 Å². The summed E-state index contributed by atoms with van der Waals surface area (Å²) in [5.41, 5.74) is 4.94. The molecule has 3 aliphatic rings. The molecule has 0 saturated heterocycles. The van der Waals surface area contributed by atoms with Crippen LogP contribution in [0.1, 0.15) is 60.1 Å². The van der Waals surface area contributed by atoms with Crippen LogP contribution in [0, 0.1) is 0 Å². The summed E-state index contributed by atoms with van der Waals surface area (Å²) in [5.74, 6) is 0. The molecule has 5 rings (SSSR count). The second kappa shape index (κ2) is 9.06. The molecule has 0 unspecified atom stereocenters. The Morgan fingerprint density at radius 1 is 1.14 bits per heavy atom. The zero-order chi connectivity index (χ0) is 25.0. The Balaban J connectivity index is 1.30. The molecule has 0 spiro atoms. The lowest BCUT2D eigenvalue weighted by molar-refractivity contribution is -0.0558. The van der Waals surface area contributed by atoms with E-state index in [9.17, 15) is 18.3 Å². The van der Waals surface area contributed by atoms with Gasteiger partial charge in [-0.3, -0.25) is 9.58 Å². The predicted molar refractivity (Wildman–Crippen MR) is 133 cm³/mol. The number of hydrogen-bond acceptors (Lipinski definition) is 6. The van der Waals surface area contributed by atoms with Crippen molar-refractivity contribution >= 4 is 33.3 Å². The summed E-state index contributed by atoms with van der Waals surface area (Å²) in [6.45, 7) is 0.938. The van der Waals surface area contributed by atoms with E-state index >= 15 is 0 Å². The number of nitrogens with one attached hydrogen (secondary N) is 2. The topological polar surface area (TPSA) is 117 Å². The summed E-state index contributed by atoms with van der Waals surface area (Å²) in [6.07, 6.45) is 7.89. The third kappa shape index (κ3) is 4.69. The van der Waals surface area contributed by atoms with Crippen molar-refractivity contribution in [2.45, 2.75) is 75.0 Å². The van der Waals surface area contributed by atoms with Crippen LogP contribution in [-0.4, -0.2) is 53.4 Å². The highest BCUT2D eigenvalue weighted by molar-refractivity contribution is 7.90. The van der Waals surface area contributed by atoms with E-state index in [0.717, 1.165) is 90.8 Å². The molecule has 0 bridgehead atoms. The molecule has 1 heterocycles. The van der Waals surface area contributed by atoms with E-state index in [-0.39, 0.29) is 5.03 Å². The normalized spacial score (nSPS) is 18.3. The van der Waals surface area contributed by atoms with E-state index in [1.165, 1.54) is 10.7 Å². The Morgan fingerprint density at radius 3 is 2.31 bits per heavy atom. The third-order valence-electron chi connectivity index (χ3n) is 7.54. The first-order chi connectivity index (χ1) is 16.6. The maximum absolute atomic E-state index is 13.0. The third-order valence-corrected chi connectivity index (χ3v) is 9.21. The number of carbonyl (C=O) groups excluding carboxylic acids is 1. The summed E-state index contributed by atoms with van der Waals surface area (Å²) in [5, 5.41) is 18.0. The van der Waals surface area contributed by atoms with Crippen molar-refractivity contribution in [3.8, 4) is 0 Å². The molecule has 190 valence electrons. The number of hydrogen-bond donors (Lipinski definition) is 3. The number of anilines is 1. The van der Waals surface area contributed by atoms with Crippen LogP contribution < -0.4 is 10.0 Å². The number of halogens is 1. The highest BCUT2D eigenvalue weighted by Gasteiger charge is 2.35. The molecular weight excluding hydrogens is 490 g/mol. The minimum atomic E-state index is -4.17. The van der Waals surface area contributed by atoms with Crippen molar-refractivity contribution in [3.05, 3.63) is 39.0 Å². The van der Waals surface area contributed by atoms with Crippen LogP contribution in [-0.2, 0) is 49.3 Å². The number of urea groups is 1. The lowest BCUT2D eigenvalue weighted by Gasteiger charge is -2.39. The fourth-order valence-electron chi connectivity index (χ4n) is 5.69. The van der Waals surface area contributed by atoms with Crippen molar-refractivity contribution in [3.63, 3.8) is 0 Å². The van der Waals surface area contributed by atoms with Crippen LogP contribution >= 0.6 is 11.6 Å². The van der Waals surface area contributed by atoms with Gasteiger partial charge in [0.2, 0.25) is 0 Å². The summed E-state index contributed by atoms with van der Waals surface area (Å²) >= 11 is 6.64. The van der Waals surface area contributed by atoms with Crippen molar-refractivity contribution in [2.75, 3.05) is 18.9 Å². The maximum atomic E-state index is 13.0. The van der Waals surface area contributed by atoms with Gasteiger partial charge in [0, 0.05) is 36.9 Å². The lowest BCUT2D eigenvalue weighted by Crippen LogP contribution is -2.46. The van der Waals surface area contributed by atoms with Gasteiger partial charge < -0.3 is 10.4 Å². The van der Waals surface area contributed by atoms with Gasteiger partial charge in [0.1, 0.15) is 0 Å². The molecule has 0 atom stereocenters. The molecule has 35 heavy (non-hydrogen) atoms. The maximum Gasteiger partial charge on any atom is 0.333 e. The van der Waals surface area contributed by atoms with E-state index in [4.69, 9.17) is 11.6 Å². The number of sulfonamides is 1. The van der Waals surface area contributed by atoms with Gasteiger partial charge in [-0.2, -0.15) is 13.5 Å². The minimum absolute atomic E-state index is 0.215. The van der Waals surface area contributed by atoms with E-state index < -0.39 is 21.7 Å². The number of benzene rings is 1. The van der Waals surface area contributed by atoms with E-state index in [1.54, 1.807) is 7.05 Å². The standard InChI is InChI=1S/C24H32ClN5O4S/c1-29(14-24(32)10-5-11-24)13-15-12-20(27-30(15)2)35(33,34)28-23(31)26-22-18-8-3-6-16(18)21(25)17-7-4-9-19(17)22/h12,32H,3-11,13-14H2,1-2H3,(H2,26,28,31). The Kier molecular flexibility index (Phi) is 6.36. The Hall–Kier alpha value is -2.14. The first kappa shape index (κ1) is 24.5. The number of aromatic nitrogens is 2. The number of fused-ring (bicyclic) bond motifs is 2. The first-order valence-electron chi connectivity index (χ1n) is 12.2. The second-order valence-corrected chi connectivity index (χ2v) is 12.2. The largest absolute Gasteiger partial charge is 0.389 e. The van der Waals surface area contributed by atoms with Crippen LogP contribution in [0.3, 0.4) is 0 Å². The number of aliphatic hydroxyl groups is 1. The van der Waals surface area contributed by atoms with Gasteiger partial charge in [-0.1, -0.05) is 11.6 Å².